The molecule has 0 aromatic heterocycles. The highest BCUT2D eigenvalue weighted by Crippen LogP contribution is 2.65. The molecule has 4 heterocycles. The van der Waals surface area contributed by atoms with E-state index in [1.807, 2.05) is 13.8 Å². The van der Waals surface area contributed by atoms with E-state index in [0.29, 0.717) is 58.8 Å². The first-order chi connectivity index (χ1) is 19.2. The third-order valence-corrected chi connectivity index (χ3v) is 9.48. The lowest BCUT2D eigenvalue weighted by molar-refractivity contribution is -0.155. The molecule has 224 valence electrons. The van der Waals surface area contributed by atoms with Gasteiger partial charge in [0.1, 0.15) is 11.6 Å². The molecule has 1 N–H and O–H groups in total. The van der Waals surface area contributed by atoms with Gasteiger partial charge in [-0.1, -0.05) is 26.0 Å². The van der Waals surface area contributed by atoms with Gasteiger partial charge in [0.2, 0.25) is 17.7 Å². The second-order valence-corrected chi connectivity index (χ2v) is 11.9. The van der Waals surface area contributed by atoms with Crippen LogP contribution in [-0.4, -0.2) is 132 Å². The van der Waals surface area contributed by atoms with Gasteiger partial charge in [0.15, 0.2) is 0 Å². The van der Waals surface area contributed by atoms with Gasteiger partial charge in [-0.25, -0.2) is 0 Å². The summed E-state index contributed by atoms with van der Waals surface area (Å²) in [5.41, 5.74) is -1.95. The van der Waals surface area contributed by atoms with Crippen LogP contribution >= 0.6 is 0 Å². The molecule has 0 radical (unpaired) electrons. The number of morpholine rings is 1. The fourth-order valence-corrected chi connectivity index (χ4v) is 7.50. The minimum Gasteiger partial charge on any atom is -0.396 e. The number of ether oxygens (including phenoxy) is 2. The Morgan fingerprint density at radius 1 is 1.10 bits per heavy atom. The van der Waals surface area contributed by atoms with E-state index in [1.54, 1.807) is 26.9 Å². The number of likely N-dealkylation sites (tertiary alicyclic amines) is 1. The molecule has 4 rings (SSSR count). The van der Waals surface area contributed by atoms with E-state index in [4.69, 9.17) is 9.47 Å². The average Bonchev–Trinajstić information content (AvgIpc) is 3.45. The summed E-state index contributed by atoms with van der Waals surface area (Å²) in [6.07, 6.45) is 5.07. The molecule has 3 amide bonds. The van der Waals surface area contributed by atoms with Gasteiger partial charge in [0, 0.05) is 59.0 Å². The lowest BCUT2D eigenvalue weighted by Gasteiger charge is -2.39. The number of fused-ring (bicyclic) bond motifs is 1. The highest BCUT2D eigenvalue weighted by Gasteiger charge is 2.80. The Kier molecular flexibility index (Phi) is 9.75. The fourth-order valence-electron chi connectivity index (χ4n) is 7.50. The van der Waals surface area contributed by atoms with E-state index in [9.17, 15) is 19.5 Å². The van der Waals surface area contributed by atoms with Gasteiger partial charge in [0.05, 0.1) is 30.7 Å². The van der Waals surface area contributed by atoms with Crippen molar-refractivity contribution >= 4 is 17.7 Å². The van der Waals surface area contributed by atoms with Crippen LogP contribution in [0, 0.1) is 17.8 Å². The Bertz CT molecular complexity index is 970. The average molecular weight is 561 g/mol. The van der Waals surface area contributed by atoms with Gasteiger partial charge >= 0.3 is 0 Å². The summed E-state index contributed by atoms with van der Waals surface area (Å²) in [5, 5.41) is 9.64. The number of hydrogen-bond acceptors (Lipinski definition) is 7. The standard InChI is InChI=1S/C30H48N4O6/c1-6-10-32(11-7-2)26(36)23-24-27(37)34(13-9-18-35)25(30(24)21-22(4)29(23,5)40-30)28(38)33(12-8-3)15-14-31-16-19-39-20-17-31/h6,8,22-25,35H,1,3,7,9-21H2,2,4-5H3/t22?,23-,24-,25?,29+,30?/m0/s1. The third kappa shape index (κ3) is 5.24. The molecule has 4 saturated heterocycles. The van der Waals surface area contributed by atoms with E-state index in [0.717, 1.165) is 19.5 Å². The predicted molar refractivity (Wildman–Crippen MR) is 151 cm³/mol. The third-order valence-electron chi connectivity index (χ3n) is 9.48. The monoisotopic (exact) mass is 560 g/mol. The summed E-state index contributed by atoms with van der Waals surface area (Å²) < 4.78 is 12.3. The van der Waals surface area contributed by atoms with Gasteiger partial charge in [-0.15, -0.1) is 13.2 Å². The maximum absolute atomic E-state index is 14.5. The fraction of sp³-hybridized carbons (Fsp3) is 0.767. The molecule has 4 aliphatic heterocycles. The van der Waals surface area contributed by atoms with Crippen LogP contribution in [0.2, 0.25) is 0 Å². The SMILES string of the molecule is C=CCN(CCN1CCOCC1)C(=O)C1N(CCCO)C(=O)[C@@H]2[C@@H](C(=O)N(CC=C)CCC)[C@]3(C)OC12CC3C. The van der Waals surface area contributed by atoms with Crippen LogP contribution in [0.3, 0.4) is 0 Å². The zero-order valence-corrected chi connectivity index (χ0v) is 24.6. The van der Waals surface area contributed by atoms with Crippen LogP contribution in [0.5, 0.6) is 0 Å². The second kappa shape index (κ2) is 12.7. The molecular formula is C30H48N4O6. The number of amides is 3. The maximum Gasteiger partial charge on any atom is 0.248 e. The maximum atomic E-state index is 14.5. The zero-order chi connectivity index (χ0) is 29.1. The number of carbonyl (C=O) groups is 3. The van der Waals surface area contributed by atoms with Crippen molar-refractivity contribution < 1.29 is 29.0 Å². The molecule has 10 heteroatoms. The Balaban J connectivity index is 1.70. The van der Waals surface area contributed by atoms with Gasteiger partial charge in [-0.3, -0.25) is 19.3 Å². The molecule has 10 nitrogen and oxygen atoms in total. The molecule has 0 aromatic rings. The molecule has 6 atom stereocenters. The molecule has 4 aliphatic rings. The van der Waals surface area contributed by atoms with Crippen molar-refractivity contribution in [2.45, 2.75) is 57.3 Å². The summed E-state index contributed by atoms with van der Waals surface area (Å²) >= 11 is 0. The number of rotatable bonds is 14. The van der Waals surface area contributed by atoms with E-state index in [1.165, 1.54) is 0 Å². The van der Waals surface area contributed by atoms with Crippen molar-refractivity contribution in [2.75, 3.05) is 72.2 Å². The van der Waals surface area contributed by atoms with Crippen LogP contribution in [0.4, 0.5) is 0 Å². The molecule has 0 aromatic carbocycles. The first-order valence-corrected chi connectivity index (χ1v) is 14.9. The lowest BCUT2D eigenvalue weighted by atomic mass is 9.62. The topological polar surface area (TPSA) is 103 Å². The lowest BCUT2D eigenvalue weighted by Crippen LogP contribution is -2.57. The normalized spacial score (nSPS) is 33.2. The molecule has 0 saturated carbocycles. The zero-order valence-electron chi connectivity index (χ0n) is 24.6. The van der Waals surface area contributed by atoms with Crippen LogP contribution in [0.15, 0.2) is 25.3 Å². The van der Waals surface area contributed by atoms with Crippen molar-refractivity contribution in [3.63, 3.8) is 0 Å². The summed E-state index contributed by atoms with van der Waals surface area (Å²) in [4.78, 5) is 50.2. The van der Waals surface area contributed by atoms with Crippen LogP contribution in [0.1, 0.15) is 40.0 Å². The number of nitrogens with zero attached hydrogens (tertiary/aromatic N) is 4. The molecule has 40 heavy (non-hydrogen) atoms. The van der Waals surface area contributed by atoms with Crippen molar-refractivity contribution in [2.24, 2.45) is 17.8 Å². The quantitative estimate of drug-likeness (QED) is 0.318. The smallest absolute Gasteiger partial charge is 0.248 e. The van der Waals surface area contributed by atoms with Gasteiger partial charge in [-0.2, -0.15) is 0 Å². The molecular weight excluding hydrogens is 512 g/mol. The Hall–Kier alpha value is -2.27. The summed E-state index contributed by atoms with van der Waals surface area (Å²) in [7, 11) is 0. The van der Waals surface area contributed by atoms with Crippen molar-refractivity contribution in [1.82, 2.24) is 19.6 Å². The predicted octanol–water partition coefficient (Wildman–Crippen LogP) is 1.15. The number of aliphatic hydroxyl groups excluding tert-OH is 1. The molecule has 1 spiro atoms. The van der Waals surface area contributed by atoms with Crippen molar-refractivity contribution in [3.05, 3.63) is 25.3 Å². The number of hydrogen-bond donors (Lipinski definition) is 1. The molecule has 2 bridgehead atoms. The highest BCUT2D eigenvalue weighted by atomic mass is 16.5. The Morgan fingerprint density at radius 2 is 1.75 bits per heavy atom. The number of carbonyl (C=O) groups excluding carboxylic acids is 3. The van der Waals surface area contributed by atoms with Gasteiger partial charge < -0.3 is 29.3 Å². The minimum atomic E-state index is -1.09. The van der Waals surface area contributed by atoms with Gasteiger partial charge in [-0.05, 0) is 32.1 Å². The van der Waals surface area contributed by atoms with E-state index < -0.39 is 29.1 Å². The first-order valence-electron chi connectivity index (χ1n) is 14.9. The van der Waals surface area contributed by atoms with Crippen LogP contribution in [0.25, 0.3) is 0 Å². The van der Waals surface area contributed by atoms with Crippen molar-refractivity contribution in [3.8, 4) is 0 Å². The first kappa shape index (κ1) is 30.7. The second-order valence-electron chi connectivity index (χ2n) is 11.9. The van der Waals surface area contributed by atoms with E-state index in [-0.39, 0.29) is 36.8 Å². The van der Waals surface area contributed by atoms with Gasteiger partial charge in [0.25, 0.3) is 0 Å². The van der Waals surface area contributed by atoms with E-state index >= 15 is 0 Å². The molecule has 4 fully saturated rings. The Morgan fingerprint density at radius 3 is 2.35 bits per heavy atom. The Labute approximate surface area is 238 Å². The van der Waals surface area contributed by atoms with Crippen LogP contribution < -0.4 is 0 Å². The van der Waals surface area contributed by atoms with E-state index in [2.05, 4.69) is 25.0 Å². The molecule has 3 unspecified atom stereocenters. The summed E-state index contributed by atoms with van der Waals surface area (Å²) in [6, 6.07) is -0.859. The summed E-state index contributed by atoms with van der Waals surface area (Å²) in [5.74, 6) is -1.97. The number of aliphatic hydroxyl groups is 1. The molecule has 0 aliphatic carbocycles. The van der Waals surface area contributed by atoms with Crippen LogP contribution in [-0.2, 0) is 23.9 Å². The largest absolute Gasteiger partial charge is 0.396 e. The van der Waals surface area contributed by atoms with Crippen molar-refractivity contribution in [1.29, 1.82) is 0 Å². The minimum absolute atomic E-state index is 0.0213. The summed E-state index contributed by atoms with van der Waals surface area (Å²) in [6.45, 7) is 19.3. The highest BCUT2D eigenvalue weighted by molar-refractivity contribution is 5.99.